The molecule has 20 heavy (non-hydrogen) atoms. The van der Waals surface area contributed by atoms with Crippen LogP contribution in [0.15, 0.2) is 29.0 Å². The number of hydrogen-bond acceptors (Lipinski definition) is 6. The number of nitrogens with zero attached hydrogens (tertiary/aromatic N) is 3. The average molecular weight is 292 g/mol. The van der Waals surface area contributed by atoms with E-state index in [2.05, 4.69) is 10.3 Å². The molecule has 0 aliphatic heterocycles. The highest BCUT2D eigenvalue weighted by atomic mass is 32.1. The second-order valence-electron chi connectivity index (χ2n) is 4.31. The van der Waals surface area contributed by atoms with Crippen LogP contribution in [0.2, 0.25) is 0 Å². The SMILES string of the molecule is CCNc1ccc([N+](=O)[O-])c(N(C)Cc2ccsc2)n1. The maximum absolute atomic E-state index is 11.1. The van der Waals surface area contributed by atoms with Crippen LogP contribution in [0.5, 0.6) is 0 Å². The summed E-state index contributed by atoms with van der Waals surface area (Å²) in [5.41, 5.74) is 1.13. The van der Waals surface area contributed by atoms with Gasteiger partial charge in [-0.05, 0) is 35.4 Å². The molecule has 106 valence electrons. The van der Waals surface area contributed by atoms with E-state index in [1.807, 2.05) is 30.8 Å². The fourth-order valence-electron chi connectivity index (χ4n) is 1.88. The van der Waals surface area contributed by atoms with Crippen LogP contribution in [0.4, 0.5) is 17.3 Å². The highest BCUT2D eigenvalue weighted by molar-refractivity contribution is 7.07. The first-order valence-electron chi connectivity index (χ1n) is 6.23. The van der Waals surface area contributed by atoms with E-state index in [0.717, 1.165) is 12.1 Å². The highest BCUT2D eigenvalue weighted by Crippen LogP contribution is 2.28. The van der Waals surface area contributed by atoms with Gasteiger partial charge in [-0.15, -0.1) is 0 Å². The third kappa shape index (κ3) is 3.24. The molecule has 0 spiro atoms. The molecule has 0 bridgehead atoms. The minimum atomic E-state index is -0.401. The number of aromatic nitrogens is 1. The van der Waals surface area contributed by atoms with E-state index >= 15 is 0 Å². The van der Waals surface area contributed by atoms with Gasteiger partial charge in [-0.1, -0.05) is 0 Å². The molecule has 0 aromatic carbocycles. The number of anilines is 2. The van der Waals surface area contributed by atoms with Crippen molar-refractivity contribution in [1.82, 2.24) is 4.98 Å². The molecule has 2 rings (SSSR count). The van der Waals surface area contributed by atoms with Crippen molar-refractivity contribution in [3.63, 3.8) is 0 Å². The maximum atomic E-state index is 11.1. The monoisotopic (exact) mass is 292 g/mol. The van der Waals surface area contributed by atoms with E-state index in [9.17, 15) is 10.1 Å². The lowest BCUT2D eigenvalue weighted by molar-refractivity contribution is -0.384. The summed E-state index contributed by atoms with van der Waals surface area (Å²) in [6.45, 7) is 3.27. The van der Waals surface area contributed by atoms with Crippen LogP contribution < -0.4 is 10.2 Å². The first-order chi connectivity index (χ1) is 9.61. The number of hydrogen-bond donors (Lipinski definition) is 1. The van der Waals surface area contributed by atoms with Crippen molar-refractivity contribution in [3.05, 3.63) is 44.6 Å². The summed E-state index contributed by atoms with van der Waals surface area (Å²) in [5, 5.41) is 18.2. The summed E-state index contributed by atoms with van der Waals surface area (Å²) in [6, 6.07) is 5.12. The van der Waals surface area contributed by atoms with E-state index in [0.29, 0.717) is 18.2 Å². The van der Waals surface area contributed by atoms with Gasteiger partial charge in [-0.25, -0.2) is 4.98 Å². The van der Waals surface area contributed by atoms with Crippen LogP contribution in [0, 0.1) is 10.1 Å². The molecule has 0 aliphatic rings. The fraction of sp³-hybridized carbons (Fsp3) is 0.308. The smallest absolute Gasteiger partial charge is 0.311 e. The Morgan fingerprint density at radius 2 is 2.25 bits per heavy atom. The van der Waals surface area contributed by atoms with Gasteiger partial charge < -0.3 is 10.2 Å². The number of thiophene rings is 1. The normalized spacial score (nSPS) is 10.3. The van der Waals surface area contributed by atoms with Crippen LogP contribution in [0.25, 0.3) is 0 Å². The number of nitro groups is 1. The summed E-state index contributed by atoms with van der Waals surface area (Å²) < 4.78 is 0. The van der Waals surface area contributed by atoms with E-state index in [-0.39, 0.29) is 5.69 Å². The topological polar surface area (TPSA) is 71.3 Å². The van der Waals surface area contributed by atoms with E-state index in [1.165, 1.54) is 6.07 Å². The molecule has 2 aromatic rings. The highest BCUT2D eigenvalue weighted by Gasteiger charge is 2.19. The third-order valence-electron chi connectivity index (χ3n) is 2.77. The van der Waals surface area contributed by atoms with Gasteiger partial charge in [0.2, 0.25) is 5.82 Å². The minimum Gasteiger partial charge on any atom is -0.370 e. The summed E-state index contributed by atoms with van der Waals surface area (Å²) in [4.78, 5) is 16.9. The van der Waals surface area contributed by atoms with E-state index in [4.69, 9.17) is 0 Å². The lowest BCUT2D eigenvalue weighted by atomic mass is 10.3. The van der Waals surface area contributed by atoms with Crippen molar-refractivity contribution in [2.75, 3.05) is 23.8 Å². The Hall–Kier alpha value is -2.15. The van der Waals surface area contributed by atoms with Gasteiger partial charge in [-0.3, -0.25) is 10.1 Å². The summed E-state index contributed by atoms with van der Waals surface area (Å²) in [5.74, 6) is 1.02. The molecule has 0 atom stereocenters. The first-order valence-corrected chi connectivity index (χ1v) is 7.17. The Bertz CT molecular complexity index is 586. The molecule has 0 fully saturated rings. The lowest BCUT2D eigenvalue weighted by Crippen LogP contribution is -2.19. The number of nitrogens with one attached hydrogen (secondary N) is 1. The van der Waals surface area contributed by atoms with Crippen LogP contribution in [0.1, 0.15) is 12.5 Å². The van der Waals surface area contributed by atoms with Crippen molar-refractivity contribution in [1.29, 1.82) is 0 Å². The first kappa shape index (κ1) is 14.3. The second-order valence-corrected chi connectivity index (χ2v) is 5.09. The van der Waals surface area contributed by atoms with Crippen molar-refractivity contribution in [2.45, 2.75) is 13.5 Å². The molecule has 0 amide bonds. The zero-order valence-electron chi connectivity index (χ0n) is 11.4. The fourth-order valence-corrected chi connectivity index (χ4v) is 2.54. The van der Waals surface area contributed by atoms with Gasteiger partial charge in [0.25, 0.3) is 0 Å². The minimum absolute atomic E-state index is 0.0179. The standard InChI is InChI=1S/C13H16N4O2S/c1-3-14-12-5-4-11(17(18)19)13(15-12)16(2)8-10-6-7-20-9-10/h4-7,9H,3,8H2,1-2H3,(H,14,15). The molecule has 0 radical (unpaired) electrons. The largest absolute Gasteiger partial charge is 0.370 e. The summed E-state index contributed by atoms with van der Waals surface area (Å²) in [7, 11) is 1.81. The molecule has 1 N–H and O–H groups in total. The van der Waals surface area contributed by atoms with Gasteiger partial charge in [0.1, 0.15) is 5.82 Å². The Kier molecular flexibility index (Phi) is 4.52. The Labute approximate surface area is 121 Å². The van der Waals surface area contributed by atoms with Crippen molar-refractivity contribution < 1.29 is 4.92 Å². The molecule has 2 aromatic heterocycles. The summed E-state index contributed by atoms with van der Waals surface area (Å²) >= 11 is 1.61. The summed E-state index contributed by atoms with van der Waals surface area (Å²) in [6.07, 6.45) is 0. The molecular weight excluding hydrogens is 276 g/mol. The van der Waals surface area contributed by atoms with Gasteiger partial charge >= 0.3 is 5.69 Å². The lowest BCUT2D eigenvalue weighted by Gasteiger charge is -2.18. The maximum Gasteiger partial charge on any atom is 0.311 e. The molecule has 0 unspecified atom stereocenters. The van der Waals surface area contributed by atoms with Crippen molar-refractivity contribution in [2.24, 2.45) is 0 Å². The molecule has 7 heteroatoms. The molecule has 0 saturated heterocycles. The predicted molar refractivity (Wildman–Crippen MR) is 81.5 cm³/mol. The van der Waals surface area contributed by atoms with Gasteiger partial charge in [-0.2, -0.15) is 11.3 Å². The quantitative estimate of drug-likeness (QED) is 0.654. The van der Waals surface area contributed by atoms with Crippen molar-refractivity contribution in [3.8, 4) is 0 Å². The van der Waals surface area contributed by atoms with Crippen LogP contribution in [-0.2, 0) is 6.54 Å². The Morgan fingerprint density at radius 1 is 1.45 bits per heavy atom. The molecule has 6 nitrogen and oxygen atoms in total. The molecule has 0 saturated carbocycles. The van der Waals surface area contributed by atoms with Crippen LogP contribution in [-0.4, -0.2) is 23.5 Å². The van der Waals surface area contributed by atoms with Gasteiger partial charge in [0, 0.05) is 26.2 Å². The number of pyridine rings is 1. The zero-order chi connectivity index (χ0) is 14.5. The molecule has 0 aliphatic carbocycles. The van der Waals surface area contributed by atoms with Crippen LogP contribution in [0.3, 0.4) is 0 Å². The van der Waals surface area contributed by atoms with Crippen molar-refractivity contribution >= 4 is 28.7 Å². The van der Waals surface area contributed by atoms with Crippen LogP contribution >= 0.6 is 11.3 Å². The second kappa shape index (κ2) is 6.33. The van der Waals surface area contributed by atoms with Gasteiger partial charge in [0.05, 0.1) is 4.92 Å². The number of rotatable bonds is 6. The van der Waals surface area contributed by atoms with E-state index < -0.39 is 4.92 Å². The molecule has 2 heterocycles. The predicted octanol–water partition coefficient (Wildman–Crippen LogP) is 3.12. The zero-order valence-corrected chi connectivity index (χ0v) is 12.2. The average Bonchev–Trinajstić information content (AvgIpc) is 2.91. The third-order valence-corrected chi connectivity index (χ3v) is 3.50. The molecular formula is C13H16N4O2S. The van der Waals surface area contributed by atoms with E-state index in [1.54, 1.807) is 22.3 Å². The van der Waals surface area contributed by atoms with Gasteiger partial charge in [0.15, 0.2) is 0 Å². The Balaban J connectivity index is 2.30. The Morgan fingerprint density at radius 3 is 2.85 bits per heavy atom.